The van der Waals surface area contributed by atoms with Gasteiger partial charge in [0.1, 0.15) is 6.54 Å². The minimum Gasteiger partial charge on any atom is -0.328 e. The quantitative estimate of drug-likeness (QED) is 0.484. The van der Waals surface area contributed by atoms with Crippen molar-refractivity contribution >= 4 is 33.5 Å². The van der Waals surface area contributed by atoms with Gasteiger partial charge in [0.15, 0.2) is 16.3 Å². The lowest BCUT2D eigenvalue weighted by molar-refractivity contribution is -0.116. The van der Waals surface area contributed by atoms with Crippen molar-refractivity contribution in [3.8, 4) is 11.3 Å². The highest BCUT2D eigenvalue weighted by Crippen LogP contribution is 2.27. The summed E-state index contributed by atoms with van der Waals surface area (Å²) in [6.07, 6.45) is 2.54. The number of hydrogen-bond acceptors (Lipinski definition) is 6. The predicted octanol–water partition coefficient (Wildman–Crippen LogP) is 2.71. The van der Waals surface area contributed by atoms with Crippen molar-refractivity contribution in [2.45, 2.75) is 32.7 Å². The van der Waals surface area contributed by atoms with Gasteiger partial charge in [0.25, 0.3) is 5.56 Å². The van der Waals surface area contributed by atoms with Gasteiger partial charge in [0.2, 0.25) is 5.91 Å². The summed E-state index contributed by atoms with van der Waals surface area (Å²) in [6, 6.07) is 8.23. The molecule has 0 unspecified atom stereocenters. The van der Waals surface area contributed by atoms with Gasteiger partial charge in [0.05, 0.1) is 12.0 Å². The third-order valence-electron chi connectivity index (χ3n) is 5.64. The summed E-state index contributed by atoms with van der Waals surface area (Å²) in [5.74, 6) is -0.00486. The Kier molecular flexibility index (Phi) is 5.79. The molecule has 0 aliphatic carbocycles. The molecule has 9 nitrogen and oxygen atoms in total. The molecule has 1 amide bonds. The van der Waals surface area contributed by atoms with Crippen LogP contribution in [-0.4, -0.2) is 29.6 Å². The van der Waals surface area contributed by atoms with Gasteiger partial charge < -0.3 is 9.88 Å². The predicted molar refractivity (Wildman–Crippen MR) is 125 cm³/mol. The van der Waals surface area contributed by atoms with Crippen molar-refractivity contribution < 1.29 is 4.79 Å². The molecule has 4 rings (SSSR count). The van der Waals surface area contributed by atoms with Gasteiger partial charge in [-0.15, -0.1) is 11.3 Å². The van der Waals surface area contributed by atoms with Crippen LogP contribution in [-0.2, 0) is 25.4 Å². The number of carbonyl (C=O) groups is 1. The number of nitrogens with zero attached hydrogens (tertiary/aromatic N) is 5. The number of rotatable bonds is 6. The van der Waals surface area contributed by atoms with Gasteiger partial charge in [-0.2, -0.15) is 0 Å². The molecule has 0 aliphatic rings. The first-order valence-corrected chi connectivity index (χ1v) is 11.1. The first-order valence-electron chi connectivity index (χ1n) is 10.3. The van der Waals surface area contributed by atoms with Crippen molar-refractivity contribution in [3.05, 3.63) is 62.4 Å². The van der Waals surface area contributed by atoms with E-state index in [4.69, 9.17) is 0 Å². The summed E-state index contributed by atoms with van der Waals surface area (Å²) in [5.41, 5.74) is 2.38. The Hall–Kier alpha value is -3.53. The number of benzene rings is 1. The van der Waals surface area contributed by atoms with E-state index in [-0.39, 0.29) is 11.2 Å². The highest BCUT2D eigenvalue weighted by atomic mass is 32.1. The van der Waals surface area contributed by atoms with Gasteiger partial charge in [-0.25, -0.2) is 19.3 Å². The largest absolute Gasteiger partial charge is 0.332 e. The first-order chi connectivity index (χ1) is 15.3. The number of carbonyl (C=O) groups excluding carboxylic acids is 1. The van der Waals surface area contributed by atoms with Crippen LogP contribution in [0.2, 0.25) is 0 Å². The lowest BCUT2D eigenvalue weighted by atomic mass is 9.97. The molecule has 0 saturated carbocycles. The number of anilines is 1. The molecule has 0 aliphatic heterocycles. The van der Waals surface area contributed by atoms with Crippen LogP contribution in [0.5, 0.6) is 0 Å². The summed E-state index contributed by atoms with van der Waals surface area (Å²) >= 11 is 1.29. The maximum Gasteiger partial charge on any atom is 0.332 e. The number of hydrogen-bond donors (Lipinski definition) is 1. The highest BCUT2D eigenvalue weighted by molar-refractivity contribution is 7.14. The zero-order valence-corrected chi connectivity index (χ0v) is 19.1. The van der Waals surface area contributed by atoms with Crippen molar-refractivity contribution in [1.82, 2.24) is 23.7 Å². The molecule has 32 heavy (non-hydrogen) atoms. The lowest BCUT2D eigenvalue weighted by Crippen LogP contribution is -2.42. The summed E-state index contributed by atoms with van der Waals surface area (Å²) in [6.45, 7) is 3.94. The molecule has 1 N–H and O–H groups in total. The number of nitrogens with one attached hydrogen (secondary N) is 1. The molecular formula is C22H24N6O3S. The van der Waals surface area contributed by atoms with Gasteiger partial charge in [-0.3, -0.25) is 14.2 Å². The maximum atomic E-state index is 12.8. The van der Waals surface area contributed by atoms with E-state index >= 15 is 0 Å². The van der Waals surface area contributed by atoms with Crippen molar-refractivity contribution in [3.63, 3.8) is 0 Å². The van der Waals surface area contributed by atoms with Crippen LogP contribution in [0.3, 0.4) is 0 Å². The molecule has 0 spiro atoms. The van der Waals surface area contributed by atoms with E-state index in [0.717, 1.165) is 22.2 Å². The smallest absolute Gasteiger partial charge is 0.328 e. The summed E-state index contributed by atoms with van der Waals surface area (Å²) in [5, 5.41) is 4.95. The van der Waals surface area contributed by atoms with Crippen molar-refractivity contribution in [1.29, 1.82) is 0 Å². The van der Waals surface area contributed by atoms with Gasteiger partial charge in [-0.05, 0) is 17.9 Å². The van der Waals surface area contributed by atoms with E-state index in [1.807, 2.05) is 17.5 Å². The van der Waals surface area contributed by atoms with E-state index in [2.05, 4.69) is 41.3 Å². The Morgan fingerprint density at radius 2 is 1.91 bits per heavy atom. The monoisotopic (exact) mass is 452 g/mol. The van der Waals surface area contributed by atoms with Crippen LogP contribution < -0.4 is 16.6 Å². The SMILES string of the molecule is CC[C@H](C)c1ccc(-c2csc(NC(=O)Cn3c(=O)c4c(ncn4C)n(C)c3=O)n2)cc1. The third kappa shape index (κ3) is 3.89. The number of fused-ring (bicyclic) bond motifs is 1. The minimum atomic E-state index is -0.599. The Morgan fingerprint density at radius 3 is 2.59 bits per heavy atom. The van der Waals surface area contributed by atoms with Gasteiger partial charge >= 0.3 is 5.69 Å². The third-order valence-corrected chi connectivity index (χ3v) is 6.40. The molecule has 0 fully saturated rings. The second-order valence-electron chi connectivity index (χ2n) is 7.78. The fraction of sp³-hybridized carbons (Fsp3) is 0.318. The molecule has 166 valence electrons. The standard InChI is InChI=1S/C22H24N6O3S/c1-5-13(2)14-6-8-15(9-7-14)16-11-32-21(24-16)25-17(29)10-28-20(30)18-19(23-12-26(18)3)27(4)22(28)31/h6-9,11-13H,5,10H2,1-4H3,(H,24,25,29)/t13-/m0/s1. The molecule has 4 aromatic rings. The topological polar surface area (TPSA) is 104 Å². The second kappa shape index (κ2) is 8.54. The van der Waals surface area contributed by atoms with Crippen LogP contribution in [0.4, 0.5) is 5.13 Å². The zero-order valence-electron chi connectivity index (χ0n) is 18.3. The van der Waals surface area contributed by atoms with Crippen LogP contribution in [0, 0.1) is 0 Å². The number of imidazole rings is 1. The number of amides is 1. The maximum absolute atomic E-state index is 12.8. The number of aromatic nitrogens is 5. The van der Waals surface area contributed by atoms with E-state index in [1.165, 1.54) is 39.4 Å². The normalized spacial score (nSPS) is 12.2. The molecular weight excluding hydrogens is 428 g/mol. The summed E-state index contributed by atoms with van der Waals surface area (Å²) < 4.78 is 3.70. The van der Waals surface area contributed by atoms with Crippen molar-refractivity contribution in [2.24, 2.45) is 14.1 Å². The van der Waals surface area contributed by atoms with Crippen molar-refractivity contribution in [2.75, 3.05) is 5.32 Å². The zero-order chi connectivity index (χ0) is 23.0. The Labute approximate surface area is 188 Å². The Morgan fingerprint density at radius 1 is 1.19 bits per heavy atom. The molecule has 0 radical (unpaired) electrons. The second-order valence-corrected chi connectivity index (χ2v) is 8.64. The van der Waals surface area contributed by atoms with Gasteiger partial charge in [-0.1, -0.05) is 38.1 Å². The number of aryl methyl sites for hydroxylation is 2. The number of thiazole rings is 1. The fourth-order valence-electron chi connectivity index (χ4n) is 3.52. The lowest BCUT2D eigenvalue weighted by Gasteiger charge is -2.09. The van der Waals surface area contributed by atoms with Gasteiger partial charge in [0, 0.05) is 25.0 Å². The molecule has 0 bridgehead atoms. The highest BCUT2D eigenvalue weighted by Gasteiger charge is 2.17. The average Bonchev–Trinajstić information content (AvgIpc) is 3.41. The fourth-order valence-corrected chi connectivity index (χ4v) is 4.26. The first kappa shape index (κ1) is 21.7. The molecule has 0 saturated heterocycles. The summed E-state index contributed by atoms with van der Waals surface area (Å²) in [7, 11) is 3.18. The molecule has 10 heteroatoms. The van der Waals surface area contributed by atoms with E-state index < -0.39 is 23.7 Å². The molecule has 3 heterocycles. The van der Waals surface area contributed by atoms with Crippen LogP contribution in [0.25, 0.3) is 22.4 Å². The van der Waals surface area contributed by atoms with E-state index in [1.54, 1.807) is 7.05 Å². The molecule has 3 aromatic heterocycles. The van der Waals surface area contributed by atoms with Crippen LogP contribution >= 0.6 is 11.3 Å². The van der Waals surface area contributed by atoms with Crippen LogP contribution in [0.15, 0.2) is 45.6 Å². The van der Waals surface area contributed by atoms with E-state index in [9.17, 15) is 14.4 Å². The minimum absolute atomic E-state index is 0.261. The van der Waals surface area contributed by atoms with Crippen LogP contribution in [0.1, 0.15) is 31.7 Å². The van der Waals surface area contributed by atoms with E-state index in [0.29, 0.717) is 11.0 Å². The summed E-state index contributed by atoms with van der Waals surface area (Å²) in [4.78, 5) is 46.5. The molecule has 1 aromatic carbocycles. The Bertz CT molecular complexity index is 1410. The Balaban J connectivity index is 1.53. The average molecular weight is 453 g/mol. The molecule has 1 atom stereocenters.